The molecule has 0 spiro atoms. The molecule has 0 radical (unpaired) electrons. The lowest BCUT2D eigenvalue weighted by Crippen LogP contribution is -2.30. The number of allylic oxidation sites excluding steroid dienone is 1. The zero-order valence-electron chi connectivity index (χ0n) is 15.5. The van der Waals surface area contributed by atoms with Crippen molar-refractivity contribution >= 4 is 17.9 Å². The van der Waals surface area contributed by atoms with E-state index in [0.717, 1.165) is 0 Å². The quantitative estimate of drug-likeness (QED) is 0.121. The monoisotopic (exact) mass is 370 g/mol. The van der Waals surface area contributed by atoms with E-state index in [-0.39, 0.29) is 44.2 Å². The molecule has 0 aromatic carbocycles. The molecule has 1 atom stereocenters. The highest BCUT2D eigenvalue weighted by molar-refractivity contribution is 5.87. The van der Waals surface area contributed by atoms with Crippen molar-refractivity contribution in [2.45, 2.75) is 33.3 Å². The zero-order chi connectivity index (χ0) is 20.1. The van der Waals surface area contributed by atoms with Crippen LogP contribution in [0, 0.1) is 0 Å². The maximum atomic E-state index is 11.7. The molecule has 146 valence electrons. The van der Waals surface area contributed by atoms with Crippen LogP contribution in [0.25, 0.3) is 0 Å². The van der Waals surface area contributed by atoms with Crippen LogP contribution >= 0.6 is 0 Å². The Bertz CT molecular complexity index is 549. The van der Waals surface area contributed by atoms with Gasteiger partial charge in [0.25, 0.3) is 0 Å². The normalized spacial score (nSPS) is 11.0. The van der Waals surface area contributed by atoms with E-state index < -0.39 is 24.0 Å². The van der Waals surface area contributed by atoms with Crippen molar-refractivity contribution < 1.29 is 38.1 Å². The summed E-state index contributed by atoms with van der Waals surface area (Å²) in [5, 5.41) is 0. The zero-order valence-corrected chi connectivity index (χ0v) is 15.5. The molecule has 0 aromatic rings. The summed E-state index contributed by atoms with van der Waals surface area (Å²) in [4.78, 5) is 34.5. The molecular weight excluding hydrogens is 344 g/mol. The molecular formula is C18H26O8. The highest BCUT2D eigenvalue weighted by Gasteiger charge is 2.18. The van der Waals surface area contributed by atoms with Gasteiger partial charge in [-0.25, -0.2) is 9.59 Å². The first-order valence-electron chi connectivity index (χ1n) is 7.84. The van der Waals surface area contributed by atoms with Crippen molar-refractivity contribution in [1.82, 2.24) is 0 Å². The summed E-state index contributed by atoms with van der Waals surface area (Å²) in [5.41, 5.74) is 0.436. The second-order valence-electron chi connectivity index (χ2n) is 5.49. The van der Waals surface area contributed by atoms with Crippen LogP contribution in [-0.4, -0.2) is 50.6 Å². The minimum Gasteiger partial charge on any atom is -0.473 e. The molecule has 0 saturated carbocycles. The maximum Gasteiger partial charge on any atom is 0.333 e. The van der Waals surface area contributed by atoms with Crippen LogP contribution in [0.3, 0.4) is 0 Å². The Balaban J connectivity index is 4.33. The molecule has 1 unspecified atom stereocenters. The summed E-state index contributed by atoms with van der Waals surface area (Å²) in [6.45, 7) is 14.6. The summed E-state index contributed by atoms with van der Waals surface area (Å²) >= 11 is 0. The van der Waals surface area contributed by atoms with Gasteiger partial charge in [0.15, 0.2) is 12.9 Å². The minimum atomic E-state index is -0.838. The van der Waals surface area contributed by atoms with Gasteiger partial charge in [-0.1, -0.05) is 19.7 Å². The second-order valence-corrected chi connectivity index (χ2v) is 5.49. The number of esters is 3. The summed E-state index contributed by atoms with van der Waals surface area (Å²) in [7, 11) is 0. The molecule has 0 saturated heterocycles. The van der Waals surface area contributed by atoms with Gasteiger partial charge in [-0.3, -0.25) is 4.79 Å². The van der Waals surface area contributed by atoms with Crippen molar-refractivity contribution in [3.05, 3.63) is 36.6 Å². The number of rotatable bonds is 13. The van der Waals surface area contributed by atoms with Crippen LogP contribution in [0.1, 0.15) is 27.2 Å². The highest BCUT2D eigenvalue weighted by atomic mass is 16.7. The van der Waals surface area contributed by atoms with Gasteiger partial charge in [-0.15, -0.1) is 0 Å². The molecule has 8 nitrogen and oxygen atoms in total. The van der Waals surface area contributed by atoms with Gasteiger partial charge < -0.3 is 23.7 Å². The fourth-order valence-electron chi connectivity index (χ4n) is 1.30. The molecule has 26 heavy (non-hydrogen) atoms. The fraction of sp³-hybridized carbons (Fsp3) is 0.500. The topological polar surface area (TPSA) is 97.4 Å². The molecule has 0 bridgehead atoms. The van der Waals surface area contributed by atoms with Crippen LogP contribution in [0.15, 0.2) is 36.6 Å². The predicted octanol–water partition coefficient (Wildman–Crippen LogP) is 2.05. The van der Waals surface area contributed by atoms with E-state index in [1.54, 1.807) is 6.92 Å². The summed E-state index contributed by atoms with van der Waals surface area (Å²) in [5.74, 6) is -1.37. The number of hydrogen-bond acceptors (Lipinski definition) is 8. The molecule has 0 heterocycles. The summed E-state index contributed by atoms with van der Waals surface area (Å²) < 4.78 is 25.2. The van der Waals surface area contributed by atoms with E-state index in [0.29, 0.717) is 5.76 Å². The van der Waals surface area contributed by atoms with Gasteiger partial charge in [0.05, 0.1) is 18.8 Å². The van der Waals surface area contributed by atoms with Gasteiger partial charge >= 0.3 is 17.9 Å². The number of hydrogen-bond donors (Lipinski definition) is 0. The van der Waals surface area contributed by atoms with E-state index in [2.05, 4.69) is 19.7 Å². The van der Waals surface area contributed by atoms with E-state index >= 15 is 0 Å². The molecule has 0 aliphatic carbocycles. The molecule has 0 aromatic heterocycles. The molecule has 0 N–H and O–H groups in total. The molecule has 0 aliphatic heterocycles. The molecule has 0 aliphatic rings. The molecule has 8 heteroatoms. The van der Waals surface area contributed by atoms with Crippen LogP contribution < -0.4 is 0 Å². The number of carbonyl (C=O) groups excluding carboxylic acids is 3. The lowest BCUT2D eigenvalue weighted by molar-refractivity contribution is -0.163. The van der Waals surface area contributed by atoms with Crippen LogP contribution in [0.4, 0.5) is 0 Å². The first-order chi connectivity index (χ1) is 12.1. The fourth-order valence-corrected chi connectivity index (χ4v) is 1.30. The second kappa shape index (κ2) is 12.7. The summed E-state index contributed by atoms with van der Waals surface area (Å²) in [6, 6.07) is 0. The first kappa shape index (κ1) is 23.4. The third-order valence-electron chi connectivity index (χ3n) is 2.63. The van der Waals surface area contributed by atoms with Crippen molar-refractivity contribution in [2.24, 2.45) is 0 Å². The van der Waals surface area contributed by atoms with E-state index in [4.69, 9.17) is 23.7 Å². The van der Waals surface area contributed by atoms with Crippen molar-refractivity contribution in [2.75, 3.05) is 26.6 Å². The molecule has 0 rings (SSSR count). The third kappa shape index (κ3) is 11.9. The smallest absolute Gasteiger partial charge is 0.333 e. The van der Waals surface area contributed by atoms with E-state index in [1.807, 2.05) is 0 Å². The first-order valence-corrected chi connectivity index (χ1v) is 7.84. The van der Waals surface area contributed by atoms with Gasteiger partial charge in [0.2, 0.25) is 0 Å². The lowest BCUT2D eigenvalue weighted by Gasteiger charge is -2.18. The Hall–Kier alpha value is -2.61. The predicted molar refractivity (Wildman–Crippen MR) is 92.8 cm³/mol. The summed E-state index contributed by atoms with van der Waals surface area (Å²) in [6.07, 6.45) is -0.977. The molecule has 0 fully saturated rings. The van der Waals surface area contributed by atoms with Gasteiger partial charge in [-0.05, 0) is 20.8 Å². The van der Waals surface area contributed by atoms with Gasteiger partial charge in [0.1, 0.15) is 13.2 Å². The Kier molecular flexibility index (Phi) is 11.4. The highest BCUT2D eigenvalue weighted by Crippen LogP contribution is 2.03. The average Bonchev–Trinajstić information content (AvgIpc) is 2.55. The van der Waals surface area contributed by atoms with Crippen molar-refractivity contribution in [1.29, 1.82) is 0 Å². The Morgan fingerprint density at radius 1 is 0.846 bits per heavy atom. The van der Waals surface area contributed by atoms with Gasteiger partial charge in [-0.2, -0.15) is 0 Å². The van der Waals surface area contributed by atoms with Crippen molar-refractivity contribution in [3.63, 3.8) is 0 Å². The molecule has 0 amide bonds. The maximum absolute atomic E-state index is 11.7. The van der Waals surface area contributed by atoms with Gasteiger partial charge in [0, 0.05) is 11.1 Å². The Morgan fingerprint density at radius 3 is 2.00 bits per heavy atom. The largest absolute Gasteiger partial charge is 0.473 e. The van der Waals surface area contributed by atoms with Crippen molar-refractivity contribution in [3.8, 4) is 0 Å². The van der Waals surface area contributed by atoms with E-state index in [1.165, 1.54) is 13.8 Å². The minimum absolute atomic E-state index is 0.0514. The van der Waals surface area contributed by atoms with Crippen LogP contribution in [-0.2, 0) is 38.1 Å². The van der Waals surface area contributed by atoms with E-state index in [9.17, 15) is 14.4 Å². The average molecular weight is 370 g/mol. The standard InChI is InChI=1S/C18H26O8/c1-12(2)17(20)23-8-7-16(19)24-10-15(26-18(21)13(3)4)9-22-11-25-14(5)6/h15H,1,3,5,7-11H2,2,4,6H3. The van der Waals surface area contributed by atoms with Crippen LogP contribution in [0.2, 0.25) is 0 Å². The van der Waals surface area contributed by atoms with Crippen LogP contribution in [0.5, 0.6) is 0 Å². The Morgan fingerprint density at radius 2 is 1.46 bits per heavy atom. The lowest BCUT2D eigenvalue weighted by atomic mass is 10.3. The SMILES string of the molecule is C=C(C)OCOCC(COC(=O)CCOC(=O)C(=C)C)OC(=O)C(=C)C. The number of carbonyl (C=O) groups is 3. The number of ether oxygens (including phenoxy) is 5. The Labute approximate surface area is 153 Å². The third-order valence-corrected chi connectivity index (χ3v) is 2.63.